The molecule has 0 bridgehead atoms. The zero-order valence-corrected chi connectivity index (χ0v) is 15.2. The third-order valence-corrected chi connectivity index (χ3v) is 5.76. The molecule has 3 aromatic rings. The normalized spacial score (nSPS) is 11.5. The number of nitrogens with zero attached hydrogens (tertiary/aromatic N) is 2. The Kier molecular flexibility index (Phi) is 5.04. The third kappa shape index (κ3) is 3.59. The van der Waals surface area contributed by atoms with E-state index in [4.69, 9.17) is 9.84 Å². The van der Waals surface area contributed by atoms with Crippen LogP contribution in [0.25, 0.3) is 10.9 Å². The first-order valence-corrected chi connectivity index (χ1v) is 9.43. The van der Waals surface area contributed by atoms with Crippen LogP contribution in [-0.2, 0) is 10.0 Å². The summed E-state index contributed by atoms with van der Waals surface area (Å²) in [7, 11) is -2.69. The minimum Gasteiger partial charge on any atom is -0.491 e. The van der Waals surface area contributed by atoms with E-state index in [1.807, 2.05) is 0 Å². The van der Waals surface area contributed by atoms with Crippen molar-refractivity contribution in [2.45, 2.75) is 4.90 Å². The van der Waals surface area contributed by atoms with Gasteiger partial charge in [-0.2, -0.15) is 0 Å². The number of halogens is 1. The summed E-state index contributed by atoms with van der Waals surface area (Å²) >= 11 is 0. The molecule has 0 saturated carbocycles. The SMILES string of the molecule is CN(CCOc1cccc2c1ccn2S(=O)(=O)c1ccccc1F)C(=O)O. The van der Waals surface area contributed by atoms with Crippen molar-refractivity contribution >= 4 is 27.0 Å². The Morgan fingerprint density at radius 3 is 2.63 bits per heavy atom. The van der Waals surface area contributed by atoms with Gasteiger partial charge in [0.15, 0.2) is 0 Å². The fourth-order valence-corrected chi connectivity index (χ4v) is 4.01. The molecule has 142 valence electrons. The minimum absolute atomic E-state index is 0.104. The summed E-state index contributed by atoms with van der Waals surface area (Å²) < 4.78 is 46.3. The van der Waals surface area contributed by atoms with Crippen molar-refractivity contribution < 1.29 is 27.4 Å². The Morgan fingerprint density at radius 1 is 1.19 bits per heavy atom. The van der Waals surface area contributed by atoms with E-state index < -0.39 is 26.8 Å². The van der Waals surface area contributed by atoms with Crippen molar-refractivity contribution in [1.29, 1.82) is 0 Å². The predicted octanol–water partition coefficient (Wildman–Crippen LogP) is 3.01. The summed E-state index contributed by atoms with van der Waals surface area (Å²) in [4.78, 5) is 11.5. The van der Waals surface area contributed by atoms with Gasteiger partial charge in [-0.3, -0.25) is 0 Å². The molecule has 1 heterocycles. The Bertz CT molecular complexity index is 1090. The molecule has 0 aliphatic rings. The molecule has 27 heavy (non-hydrogen) atoms. The second-order valence-corrected chi connectivity index (χ2v) is 7.57. The fourth-order valence-electron chi connectivity index (χ4n) is 2.60. The van der Waals surface area contributed by atoms with Crippen molar-refractivity contribution in [2.24, 2.45) is 0 Å². The summed E-state index contributed by atoms with van der Waals surface area (Å²) in [5, 5.41) is 9.37. The molecule has 0 atom stereocenters. The lowest BCUT2D eigenvalue weighted by Gasteiger charge is -2.14. The number of aromatic nitrogens is 1. The number of amides is 1. The van der Waals surface area contributed by atoms with Crippen LogP contribution in [0.4, 0.5) is 9.18 Å². The van der Waals surface area contributed by atoms with E-state index in [0.717, 1.165) is 14.9 Å². The Labute approximate surface area is 155 Å². The van der Waals surface area contributed by atoms with Crippen LogP contribution in [0.5, 0.6) is 5.75 Å². The van der Waals surface area contributed by atoms with Crippen LogP contribution in [0.1, 0.15) is 0 Å². The predicted molar refractivity (Wildman–Crippen MR) is 97.1 cm³/mol. The molecule has 0 radical (unpaired) electrons. The smallest absolute Gasteiger partial charge is 0.407 e. The maximum Gasteiger partial charge on any atom is 0.407 e. The molecule has 2 aromatic carbocycles. The zero-order valence-electron chi connectivity index (χ0n) is 14.4. The third-order valence-electron chi connectivity index (χ3n) is 4.04. The molecule has 0 saturated heterocycles. The van der Waals surface area contributed by atoms with Crippen LogP contribution >= 0.6 is 0 Å². The minimum atomic E-state index is -4.11. The highest BCUT2D eigenvalue weighted by Crippen LogP contribution is 2.29. The van der Waals surface area contributed by atoms with Crippen molar-refractivity contribution in [3.8, 4) is 5.75 Å². The van der Waals surface area contributed by atoms with Gasteiger partial charge >= 0.3 is 6.09 Å². The molecular weight excluding hydrogens is 375 g/mol. The van der Waals surface area contributed by atoms with E-state index in [0.29, 0.717) is 16.7 Å². The highest BCUT2D eigenvalue weighted by atomic mass is 32.2. The van der Waals surface area contributed by atoms with Crippen LogP contribution in [0.3, 0.4) is 0 Å². The van der Waals surface area contributed by atoms with E-state index >= 15 is 0 Å². The van der Waals surface area contributed by atoms with Crippen LogP contribution in [0, 0.1) is 5.82 Å². The van der Waals surface area contributed by atoms with Gasteiger partial charge < -0.3 is 14.7 Å². The maximum absolute atomic E-state index is 14.0. The summed E-state index contributed by atoms with van der Waals surface area (Å²) in [6.07, 6.45) is 0.266. The average Bonchev–Trinajstić information content (AvgIpc) is 3.07. The second kappa shape index (κ2) is 7.28. The van der Waals surface area contributed by atoms with Gasteiger partial charge in [-0.05, 0) is 30.3 Å². The Balaban J connectivity index is 1.94. The van der Waals surface area contributed by atoms with E-state index in [1.54, 1.807) is 24.3 Å². The van der Waals surface area contributed by atoms with Crippen molar-refractivity contribution in [3.63, 3.8) is 0 Å². The van der Waals surface area contributed by atoms with Gasteiger partial charge in [-0.25, -0.2) is 21.6 Å². The molecule has 0 spiro atoms. The molecule has 9 heteroatoms. The number of hydrogen-bond donors (Lipinski definition) is 1. The topological polar surface area (TPSA) is 88.8 Å². The Morgan fingerprint density at radius 2 is 1.93 bits per heavy atom. The van der Waals surface area contributed by atoms with Gasteiger partial charge in [0.2, 0.25) is 0 Å². The summed E-state index contributed by atoms with van der Waals surface area (Å²) in [6.45, 7) is 0.257. The van der Waals surface area contributed by atoms with E-state index in [1.165, 1.54) is 31.4 Å². The van der Waals surface area contributed by atoms with Crippen molar-refractivity contribution in [3.05, 3.63) is 60.5 Å². The van der Waals surface area contributed by atoms with Crippen LogP contribution in [0.2, 0.25) is 0 Å². The molecule has 0 aliphatic carbocycles. The summed E-state index contributed by atoms with van der Waals surface area (Å²) in [6, 6.07) is 11.6. The lowest BCUT2D eigenvalue weighted by atomic mass is 10.2. The van der Waals surface area contributed by atoms with Crippen LogP contribution < -0.4 is 4.74 Å². The number of hydrogen-bond acceptors (Lipinski definition) is 4. The molecule has 7 nitrogen and oxygen atoms in total. The van der Waals surface area contributed by atoms with E-state index in [2.05, 4.69) is 0 Å². The molecule has 1 N–H and O–H groups in total. The number of likely N-dealkylation sites (N-methyl/N-ethyl adjacent to an activating group) is 1. The highest BCUT2D eigenvalue weighted by molar-refractivity contribution is 7.90. The number of carboxylic acid groups (broad SMARTS) is 1. The Hall–Kier alpha value is -3.07. The van der Waals surface area contributed by atoms with Gasteiger partial charge in [0, 0.05) is 18.6 Å². The lowest BCUT2D eigenvalue weighted by Crippen LogP contribution is -2.29. The molecule has 1 aromatic heterocycles. The van der Waals surface area contributed by atoms with Gasteiger partial charge in [0.25, 0.3) is 10.0 Å². The van der Waals surface area contributed by atoms with Crippen LogP contribution in [-0.4, -0.2) is 48.7 Å². The monoisotopic (exact) mass is 392 g/mol. The summed E-state index contributed by atoms with van der Waals surface area (Å²) in [5.41, 5.74) is 0.336. The molecule has 1 amide bonds. The van der Waals surface area contributed by atoms with Crippen molar-refractivity contribution in [1.82, 2.24) is 8.87 Å². The number of ether oxygens (including phenoxy) is 1. The maximum atomic E-state index is 14.0. The second-order valence-electron chi connectivity index (χ2n) is 5.79. The molecule has 0 fully saturated rings. The van der Waals surface area contributed by atoms with Gasteiger partial charge in [-0.1, -0.05) is 18.2 Å². The van der Waals surface area contributed by atoms with Gasteiger partial charge in [0.05, 0.1) is 12.1 Å². The largest absolute Gasteiger partial charge is 0.491 e. The van der Waals surface area contributed by atoms with Gasteiger partial charge in [-0.15, -0.1) is 0 Å². The highest BCUT2D eigenvalue weighted by Gasteiger charge is 2.23. The number of fused-ring (bicyclic) bond motifs is 1. The molecule has 0 aliphatic heterocycles. The molecule has 3 rings (SSSR count). The van der Waals surface area contributed by atoms with E-state index in [-0.39, 0.29) is 13.2 Å². The number of benzene rings is 2. The first-order valence-electron chi connectivity index (χ1n) is 7.99. The quantitative estimate of drug-likeness (QED) is 0.697. The fraction of sp³-hybridized carbons (Fsp3) is 0.167. The number of rotatable bonds is 6. The standard InChI is InChI=1S/C18H17FN2O5S/c1-20(18(22)23)11-12-26-16-7-4-6-15-13(16)9-10-21(15)27(24,25)17-8-3-2-5-14(17)19/h2-10H,11-12H2,1H3,(H,22,23). The van der Waals surface area contributed by atoms with Crippen LogP contribution in [0.15, 0.2) is 59.6 Å². The molecule has 0 unspecified atom stereocenters. The first kappa shape index (κ1) is 18.7. The van der Waals surface area contributed by atoms with Crippen molar-refractivity contribution in [2.75, 3.05) is 20.2 Å². The summed E-state index contributed by atoms with van der Waals surface area (Å²) in [5.74, 6) is -0.419. The lowest BCUT2D eigenvalue weighted by molar-refractivity contribution is 0.147. The molecular formula is C18H17FN2O5S. The average molecular weight is 392 g/mol. The van der Waals surface area contributed by atoms with Gasteiger partial charge in [0.1, 0.15) is 23.1 Å². The number of carbonyl (C=O) groups is 1. The zero-order chi connectivity index (χ0) is 19.6. The van der Waals surface area contributed by atoms with E-state index in [9.17, 15) is 17.6 Å². The first-order chi connectivity index (χ1) is 12.8.